The Hall–Kier alpha value is 1.22. The maximum Gasteiger partial charge on any atom is 2.00 e. The van der Waals surface area contributed by atoms with E-state index >= 15 is 0 Å². The number of aryl methyl sites for hydroxylation is 1. The van der Waals surface area contributed by atoms with Crippen molar-refractivity contribution in [2.45, 2.75) is 0 Å². The van der Waals surface area contributed by atoms with Gasteiger partial charge in [0.05, 0.1) is 0 Å². The molecular formula is C4H4CdCl3NOS. The third-order valence-corrected chi connectivity index (χ3v) is 1.83. The van der Waals surface area contributed by atoms with Crippen LogP contribution in [0.5, 0.6) is 0 Å². The van der Waals surface area contributed by atoms with Crippen LogP contribution >= 0.6 is 23.1 Å². The summed E-state index contributed by atoms with van der Waals surface area (Å²) in [6, 6.07) is 1.40. The molecule has 11 heavy (non-hydrogen) atoms. The molecule has 1 rings (SSSR count). The minimum absolute atomic E-state index is 0. The van der Waals surface area contributed by atoms with Crippen LogP contribution in [0.3, 0.4) is 0 Å². The van der Waals surface area contributed by atoms with Crippen LogP contribution < -0.4 is 30.4 Å². The van der Waals surface area contributed by atoms with Gasteiger partial charge in [-0.25, -0.2) is 0 Å². The van der Waals surface area contributed by atoms with Gasteiger partial charge in [0.25, 0.3) is 5.56 Å². The Kier molecular flexibility index (Phi) is 12.9. The van der Waals surface area contributed by atoms with Gasteiger partial charge in [0.1, 0.15) is 4.34 Å². The second kappa shape index (κ2) is 7.85. The van der Waals surface area contributed by atoms with Crippen LogP contribution in [0.15, 0.2) is 10.9 Å². The summed E-state index contributed by atoms with van der Waals surface area (Å²) in [6.45, 7) is 0. The summed E-state index contributed by atoms with van der Waals surface area (Å²) in [5, 5.41) is 0. The van der Waals surface area contributed by atoms with E-state index in [1.165, 1.54) is 21.6 Å². The van der Waals surface area contributed by atoms with E-state index in [0.29, 0.717) is 4.34 Å². The third kappa shape index (κ3) is 5.46. The summed E-state index contributed by atoms with van der Waals surface area (Å²) in [6.07, 6.45) is 0. The second-order valence-corrected chi connectivity index (χ2v) is 3.18. The predicted octanol–water partition coefficient (Wildman–Crippen LogP) is -4.89. The van der Waals surface area contributed by atoms with Gasteiger partial charge in [-0.2, -0.15) is 0 Å². The summed E-state index contributed by atoms with van der Waals surface area (Å²) in [5.74, 6) is 0. The zero-order valence-corrected chi connectivity index (χ0v) is 12.8. The molecule has 0 radical (unpaired) electrons. The van der Waals surface area contributed by atoms with E-state index in [1.54, 1.807) is 7.05 Å². The fraction of sp³-hybridized carbons (Fsp3) is 0.250. The zero-order chi connectivity index (χ0) is 6.15. The van der Waals surface area contributed by atoms with E-state index in [4.69, 9.17) is 11.6 Å². The SMILES string of the molecule is Cn1sc(Cl)cc1=O.[Cd+2].[Cl-].[Cl-]. The van der Waals surface area contributed by atoms with Gasteiger partial charge in [0.15, 0.2) is 0 Å². The summed E-state index contributed by atoms with van der Waals surface area (Å²) in [7, 11) is 1.68. The molecule has 0 spiro atoms. The number of rotatable bonds is 0. The Labute approximate surface area is 106 Å². The van der Waals surface area contributed by atoms with Gasteiger partial charge in [-0.15, -0.1) is 0 Å². The Balaban J connectivity index is -0.000000213. The maximum absolute atomic E-state index is 10.5. The summed E-state index contributed by atoms with van der Waals surface area (Å²) < 4.78 is 2.01. The molecule has 0 amide bonds. The van der Waals surface area contributed by atoms with Crippen molar-refractivity contribution in [1.29, 1.82) is 0 Å². The quantitative estimate of drug-likeness (QED) is 0.437. The smallest absolute Gasteiger partial charge is 1.00 e. The van der Waals surface area contributed by atoms with Crippen LogP contribution in [0.25, 0.3) is 0 Å². The molecule has 0 unspecified atom stereocenters. The summed E-state index contributed by atoms with van der Waals surface area (Å²) in [5.41, 5.74) is -0.0417. The zero-order valence-electron chi connectivity index (χ0n) is 5.68. The molecule has 0 saturated heterocycles. The number of nitrogens with zero attached hydrogens (tertiary/aromatic N) is 1. The molecule has 0 aromatic carbocycles. The largest absolute Gasteiger partial charge is 2.00 e. The summed E-state index contributed by atoms with van der Waals surface area (Å²) >= 11 is 6.70. The Morgan fingerprint density at radius 1 is 1.55 bits per heavy atom. The first-order valence-corrected chi connectivity index (χ1v) is 3.18. The van der Waals surface area contributed by atoms with Gasteiger partial charge in [0.2, 0.25) is 0 Å². The molecular weight excluding hydrogens is 329 g/mol. The first kappa shape index (κ1) is 18.1. The van der Waals surface area contributed by atoms with Crippen LogP contribution in [-0.4, -0.2) is 3.96 Å². The van der Waals surface area contributed by atoms with E-state index in [-0.39, 0.29) is 57.7 Å². The van der Waals surface area contributed by atoms with E-state index in [0.717, 1.165) is 0 Å². The molecule has 0 atom stereocenters. The Bertz CT molecular complexity index is 248. The van der Waals surface area contributed by atoms with E-state index in [1.807, 2.05) is 0 Å². The van der Waals surface area contributed by atoms with Gasteiger partial charge >= 0.3 is 27.3 Å². The molecule has 0 aliphatic carbocycles. The number of hydrogen-bond donors (Lipinski definition) is 0. The minimum atomic E-state index is -0.0417. The number of hydrogen-bond acceptors (Lipinski definition) is 2. The first-order valence-electron chi connectivity index (χ1n) is 2.03. The van der Waals surface area contributed by atoms with E-state index < -0.39 is 0 Å². The second-order valence-electron chi connectivity index (χ2n) is 1.38. The molecule has 0 aliphatic rings. The van der Waals surface area contributed by atoms with Crippen molar-refractivity contribution in [2.75, 3.05) is 0 Å². The fourth-order valence-corrected chi connectivity index (χ4v) is 1.35. The third-order valence-electron chi connectivity index (χ3n) is 0.771. The van der Waals surface area contributed by atoms with Crippen molar-refractivity contribution < 1.29 is 52.1 Å². The van der Waals surface area contributed by atoms with Crippen LogP contribution in [-0.2, 0) is 34.3 Å². The Morgan fingerprint density at radius 3 is 2.09 bits per heavy atom. The molecule has 2 nitrogen and oxygen atoms in total. The molecule has 0 N–H and O–H groups in total. The molecule has 0 fully saturated rings. The molecule has 0 aliphatic heterocycles. The van der Waals surface area contributed by atoms with Gasteiger partial charge < -0.3 is 24.8 Å². The average Bonchev–Trinajstić information content (AvgIpc) is 1.85. The fourth-order valence-electron chi connectivity index (χ4n) is 0.390. The normalized spacial score (nSPS) is 7.09. The van der Waals surface area contributed by atoms with Gasteiger partial charge in [-0.3, -0.25) is 8.75 Å². The summed E-state index contributed by atoms with van der Waals surface area (Å²) in [4.78, 5) is 10.5. The number of halogens is 3. The predicted molar refractivity (Wildman–Crippen MR) is 34.6 cm³/mol. The molecule has 1 heterocycles. The van der Waals surface area contributed by atoms with Crippen molar-refractivity contribution >= 4 is 23.1 Å². The molecule has 1 aromatic heterocycles. The molecule has 0 bridgehead atoms. The standard InChI is InChI=1S/C4H4ClNOS.Cd.2ClH/c1-6-4(7)2-3(5)8-6;;;/h2H,1H3;;2*1H/q;+2;;/p-2. The van der Waals surface area contributed by atoms with E-state index in [2.05, 4.69) is 0 Å². The number of aromatic nitrogens is 1. The van der Waals surface area contributed by atoms with Crippen molar-refractivity contribution in [1.82, 2.24) is 3.96 Å². The van der Waals surface area contributed by atoms with E-state index in [9.17, 15) is 4.79 Å². The van der Waals surface area contributed by atoms with Gasteiger partial charge in [-0.05, 0) is 11.5 Å². The average molecular weight is 333 g/mol. The van der Waals surface area contributed by atoms with Crippen LogP contribution in [0.4, 0.5) is 0 Å². The van der Waals surface area contributed by atoms with Gasteiger partial charge in [-0.1, -0.05) is 11.6 Å². The molecule has 60 valence electrons. The topological polar surface area (TPSA) is 22.0 Å². The van der Waals surface area contributed by atoms with Crippen molar-refractivity contribution in [3.8, 4) is 0 Å². The molecule has 7 heteroatoms. The maximum atomic E-state index is 10.5. The minimum Gasteiger partial charge on any atom is -1.00 e. The first-order chi connectivity index (χ1) is 3.70. The van der Waals surface area contributed by atoms with Crippen LogP contribution in [0, 0.1) is 0 Å². The molecule has 0 saturated carbocycles. The van der Waals surface area contributed by atoms with Crippen molar-refractivity contribution in [3.63, 3.8) is 0 Å². The van der Waals surface area contributed by atoms with Gasteiger partial charge in [0, 0.05) is 13.1 Å². The van der Waals surface area contributed by atoms with Crippen molar-refractivity contribution in [3.05, 3.63) is 20.8 Å². The monoisotopic (exact) mass is 333 g/mol. The van der Waals surface area contributed by atoms with Crippen LogP contribution in [0.1, 0.15) is 0 Å². The van der Waals surface area contributed by atoms with Crippen molar-refractivity contribution in [2.24, 2.45) is 7.05 Å². The molecule has 1 aromatic rings. The Morgan fingerprint density at radius 2 is 2.00 bits per heavy atom. The van der Waals surface area contributed by atoms with Crippen LogP contribution in [0.2, 0.25) is 4.34 Å².